The lowest BCUT2D eigenvalue weighted by Gasteiger charge is -2.13. The van der Waals surface area contributed by atoms with E-state index in [1.54, 1.807) is 6.33 Å². The van der Waals surface area contributed by atoms with E-state index in [0.29, 0.717) is 18.7 Å². The van der Waals surface area contributed by atoms with Crippen molar-refractivity contribution in [3.8, 4) is 0 Å². The quantitative estimate of drug-likeness (QED) is 0.598. The average molecular weight is 194 g/mol. The lowest BCUT2D eigenvalue weighted by atomic mass is 10.1. The number of ether oxygens (including phenoxy) is 1. The van der Waals surface area contributed by atoms with Gasteiger partial charge < -0.3 is 9.30 Å². The van der Waals surface area contributed by atoms with Gasteiger partial charge in [0.25, 0.3) is 0 Å². The Morgan fingerprint density at radius 2 is 2.43 bits per heavy atom. The van der Waals surface area contributed by atoms with Crippen molar-refractivity contribution >= 4 is 11.8 Å². The fraction of sp³-hybridized carbons (Fsp3) is 0.444. The second-order valence-corrected chi connectivity index (χ2v) is 3.19. The summed E-state index contributed by atoms with van der Waals surface area (Å²) in [5.74, 6) is -0.336. The molecule has 5 heteroatoms. The molecule has 0 amide bonds. The van der Waals surface area contributed by atoms with Crippen LogP contribution in [-0.2, 0) is 22.5 Å². The maximum Gasteiger partial charge on any atom is 0.358 e. The Bertz CT molecular complexity index is 395. The first-order valence-corrected chi connectivity index (χ1v) is 4.36. The second kappa shape index (κ2) is 3.25. The van der Waals surface area contributed by atoms with Gasteiger partial charge in [-0.1, -0.05) is 0 Å². The highest BCUT2D eigenvalue weighted by molar-refractivity contribution is 5.91. The lowest BCUT2D eigenvalue weighted by Crippen LogP contribution is -2.20. The third-order valence-corrected chi connectivity index (χ3v) is 2.32. The molecule has 0 unspecified atom stereocenters. The molecular weight excluding hydrogens is 184 g/mol. The largest absolute Gasteiger partial charge is 0.464 e. The monoisotopic (exact) mass is 194 g/mol. The number of carbonyl (C=O) groups excluding carboxylic acids is 2. The summed E-state index contributed by atoms with van der Waals surface area (Å²) in [6, 6.07) is 0. The van der Waals surface area contributed by atoms with E-state index in [0.717, 1.165) is 0 Å². The van der Waals surface area contributed by atoms with E-state index in [9.17, 15) is 9.59 Å². The number of carbonyl (C=O) groups is 2. The number of Topliss-reactive ketones (excluding diaryl/α,β-unsaturated/α-hetero) is 1. The molecule has 2 rings (SSSR count). The number of esters is 1. The Morgan fingerprint density at radius 3 is 3.14 bits per heavy atom. The molecule has 0 radical (unpaired) electrons. The number of ketones is 1. The molecule has 5 nitrogen and oxygen atoms in total. The molecule has 1 aromatic rings. The number of hydrogen-bond acceptors (Lipinski definition) is 4. The second-order valence-electron chi connectivity index (χ2n) is 3.19. The van der Waals surface area contributed by atoms with Gasteiger partial charge >= 0.3 is 5.97 Å². The zero-order valence-electron chi connectivity index (χ0n) is 7.82. The van der Waals surface area contributed by atoms with E-state index in [2.05, 4.69) is 9.72 Å². The van der Waals surface area contributed by atoms with Gasteiger partial charge in [-0.2, -0.15) is 0 Å². The molecule has 0 spiro atoms. The number of nitrogens with zero attached hydrogens (tertiary/aromatic N) is 2. The van der Waals surface area contributed by atoms with Gasteiger partial charge in [-0.05, 0) is 0 Å². The third kappa shape index (κ3) is 1.30. The molecule has 1 aromatic heterocycles. The van der Waals surface area contributed by atoms with Gasteiger partial charge in [0.1, 0.15) is 5.78 Å². The summed E-state index contributed by atoms with van der Waals surface area (Å²) in [5, 5.41) is 0. The number of rotatable bonds is 1. The van der Waals surface area contributed by atoms with Crippen molar-refractivity contribution in [1.29, 1.82) is 0 Å². The van der Waals surface area contributed by atoms with E-state index in [1.165, 1.54) is 7.11 Å². The fourth-order valence-corrected chi connectivity index (χ4v) is 1.57. The van der Waals surface area contributed by atoms with Crippen LogP contribution in [0, 0.1) is 0 Å². The predicted molar refractivity (Wildman–Crippen MR) is 46.9 cm³/mol. The molecule has 0 aromatic carbocycles. The maximum atomic E-state index is 11.2. The average Bonchev–Trinajstić information content (AvgIpc) is 2.59. The van der Waals surface area contributed by atoms with Crippen LogP contribution in [0.5, 0.6) is 0 Å². The topological polar surface area (TPSA) is 61.2 Å². The SMILES string of the molecule is COC(=O)c1ncn2c1CC(=O)CC2. The molecular formula is C9H10N2O3. The van der Waals surface area contributed by atoms with Crippen LogP contribution < -0.4 is 0 Å². The van der Waals surface area contributed by atoms with Crippen LogP contribution in [0.3, 0.4) is 0 Å². The summed E-state index contributed by atoms with van der Waals surface area (Å²) in [7, 11) is 1.30. The molecule has 1 aliphatic heterocycles. The Labute approximate surface area is 80.7 Å². The molecule has 0 saturated heterocycles. The molecule has 0 atom stereocenters. The van der Waals surface area contributed by atoms with Crippen LogP contribution in [0.4, 0.5) is 0 Å². The highest BCUT2D eigenvalue weighted by Crippen LogP contribution is 2.16. The number of fused-ring (bicyclic) bond motifs is 1. The lowest BCUT2D eigenvalue weighted by molar-refractivity contribution is -0.119. The molecule has 0 bridgehead atoms. The minimum Gasteiger partial charge on any atom is -0.464 e. The molecule has 74 valence electrons. The van der Waals surface area contributed by atoms with E-state index in [4.69, 9.17) is 0 Å². The van der Waals surface area contributed by atoms with Crippen molar-refractivity contribution in [2.75, 3.05) is 7.11 Å². The van der Waals surface area contributed by atoms with Crippen molar-refractivity contribution in [1.82, 2.24) is 9.55 Å². The van der Waals surface area contributed by atoms with Gasteiger partial charge in [0.15, 0.2) is 5.69 Å². The first-order valence-electron chi connectivity index (χ1n) is 4.36. The van der Waals surface area contributed by atoms with Gasteiger partial charge in [-0.25, -0.2) is 9.78 Å². The Kier molecular flexibility index (Phi) is 2.07. The normalized spacial score (nSPS) is 15.1. The smallest absolute Gasteiger partial charge is 0.358 e. The fourth-order valence-electron chi connectivity index (χ4n) is 1.57. The minimum atomic E-state index is -0.478. The van der Waals surface area contributed by atoms with Gasteiger partial charge in [-0.15, -0.1) is 0 Å². The van der Waals surface area contributed by atoms with Gasteiger partial charge in [0, 0.05) is 19.4 Å². The molecule has 0 aliphatic carbocycles. The highest BCUT2D eigenvalue weighted by Gasteiger charge is 2.23. The van der Waals surface area contributed by atoms with Crippen molar-refractivity contribution < 1.29 is 14.3 Å². The van der Waals surface area contributed by atoms with Crippen molar-refractivity contribution in [3.63, 3.8) is 0 Å². The third-order valence-electron chi connectivity index (χ3n) is 2.32. The van der Waals surface area contributed by atoms with E-state index in [-0.39, 0.29) is 17.9 Å². The summed E-state index contributed by atoms with van der Waals surface area (Å²) in [6.45, 7) is 0.609. The van der Waals surface area contributed by atoms with Gasteiger partial charge in [0.05, 0.1) is 19.1 Å². The van der Waals surface area contributed by atoms with Crippen molar-refractivity contribution in [2.24, 2.45) is 0 Å². The number of aromatic nitrogens is 2. The standard InChI is InChI=1S/C9H10N2O3/c1-14-9(13)8-7-4-6(12)2-3-11(7)5-10-8/h5H,2-4H2,1H3. The van der Waals surface area contributed by atoms with Crippen LogP contribution in [0.15, 0.2) is 6.33 Å². The number of imidazole rings is 1. The van der Waals surface area contributed by atoms with Crippen molar-refractivity contribution in [2.45, 2.75) is 19.4 Å². The van der Waals surface area contributed by atoms with Crippen molar-refractivity contribution in [3.05, 3.63) is 17.7 Å². The maximum absolute atomic E-state index is 11.2. The minimum absolute atomic E-state index is 0.142. The van der Waals surface area contributed by atoms with Crippen LogP contribution in [0.1, 0.15) is 22.6 Å². The van der Waals surface area contributed by atoms with Crippen LogP contribution in [-0.4, -0.2) is 28.4 Å². The number of methoxy groups -OCH3 is 1. The zero-order valence-corrected chi connectivity index (χ0v) is 7.82. The van der Waals surface area contributed by atoms with Crippen LogP contribution in [0.25, 0.3) is 0 Å². The zero-order chi connectivity index (χ0) is 10.1. The molecule has 0 N–H and O–H groups in total. The van der Waals surface area contributed by atoms with Crippen LogP contribution >= 0.6 is 0 Å². The summed E-state index contributed by atoms with van der Waals surface area (Å²) in [4.78, 5) is 26.4. The van der Waals surface area contributed by atoms with Gasteiger partial charge in [0.2, 0.25) is 0 Å². The summed E-state index contributed by atoms with van der Waals surface area (Å²) >= 11 is 0. The number of aryl methyl sites for hydroxylation is 1. The Hall–Kier alpha value is -1.65. The molecule has 14 heavy (non-hydrogen) atoms. The Balaban J connectivity index is 2.40. The molecule has 0 saturated carbocycles. The first kappa shape index (κ1) is 8.93. The number of hydrogen-bond donors (Lipinski definition) is 0. The van der Waals surface area contributed by atoms with E-state index >= 15 is 0 Å². The molecule has 0 fully saturated rings. The molecule has 2 heterocycles. The highest BCUT2D eigenvalue weighted by atomic mass is 16.5. The first-order chi connectivity index (χ1) is 6.72. The van der Waals surface area contributed by atoms with Gasteiger partial charge in [-0.3, -0.25) is 4.79 Å². The summed E-state index contributed by atoms with van der Waals surface area (Å²) in [5.41, 5.74) is 0.939. The van der Waals surface area contributed by atoms with Crippen LogP contribution in [0.2, 0.25) is 0 Å². The van der Waals surface area contributed by atoms with E-state index in [1.807, 2.05) is 4.57 Å². The summed E-state index contributed by atoms with van der Waals surface area (Å²) < 4.78 is 6.40. The predicted octanol–water partition coefficient (Wildman–Crippen LogP) is 0.185. The molecule has 1 aliphatic rings. The Morgan fingerprint density at radius 1 is 1.64 bits per heavy atom. The summed E-state index contributed by atoms with van der Waals surface area (Å²) in [6.07, 6.45) is 2.38. The van der Waals surface area contributed by atoms with E-state index < -0.39 is 5.97 Å².